The highest BCUT2D eigenvalue weighted by Crippen LogP contribution is 2.34. The fourth-order valence-corrected chi connectivity index (χ4v) is 2.90. The summed E-state index contributed by atoms with van der Waals surface area (Å²) >= 11 is 0. The Bertz CT molecular complexity index is 360. The molecule has 1 aromatic heterocycles. The summed E-state index contributed by atoms with van der Waals surface area (Å²) in [5, 5.41) is 10.6. The van der Waals surface area contributed by atoms with E-state index < -0.39 is 5.60 Å². The van der Waals surface area contributed by atoms with Gasteiger partial charge in [-0.25, -0.2) is 0 Å². The maximum Gasteiger partial charge on any atom is 0.0705 e. The standard InChI is InChI=1S/C15H23NO/c1-3-13-6-7-14(16-11-13)10-15(17)8-4-5-12(2)9-15/h6-7,11-12,17H,3-5,8-10H2,1-2H3. The van der Waals surface area contributed by atoms with E-state index in [0.717, 1.165) is 31.4 Å². The molecule has 0 saturated heterocycles. The van der Waals surface area contributed by atoms with Crippen LogP contribution in [0.4, 0.5) is 0 Å². The second-order valence-corrected chi connectivity index (χ2v) is 5.61. The summed E-state index contributed by atoms with van der Waals surface area (Å²) in [6.45, 7) is 4.37. The Kier molecular flexibility index (Phi) is 3.82. The van der Waals surface area contributed by atoms with Crippen LogP contribution in [0.3, 0.4) is 0 Å². The Morgan fingerprint density at radius 3 is 2.88 bits per heavy atom. The van der Waals surface area contributed by atoms with Gasteiger partial charge in [-0.15, -0.1) is 0 Å². The largest absolute Gasteiger partial charge is 0.389 e. The fraction of sp³-hybridized carbons (Fsp3) is 0.667. The van der Waals surface area contributed by atoms with E-state index >= 15 is 0 Å². The van der Waals surface area contributed by atoms with Crippen molar-refractivity contribution < 1.29 is 5.11 Å². The minimum Gasteiger partial charge on any atom is -0.389 e. The van der Waals surface area contributed by atoms with Crippen molar-refractivity contribution in [3.63, 3.8) is 0 Å². The van der Waals surface area contributed by atoms with Crippen LogP contribution in [0.15, 0.2) is 18.3 Å². The molecule has 0 aromatic carbocycles. The molecule has 1 heterocycles. The molecule has 2 unspecified atom stereocenters. The molecular formula is C15H23NO. The van der Waals surface area contributed by atoms with E-state index in [1.54, 1.807) is 0 Å². The predicted octanol–water partition coefficient (Wildman–Crippen LogP) is 3.13. The number of aryl methyl sites for hydroxylation is 1. The minimum atomic E-state index is -0.515. The number of hydrogen-bond donors (Lipinski definition) is 1. The highest BCUT2D eigenvalue weighted by atomic mass is 16.3. The number of aliphatic hydroxyl groups is 1. The van der Waals surface area contributed by atoms with Crippen LogP contribution in [0.5, 0.6) is 0 Å². The van der Waals surface area contributed by atoms with Gasteiger partial charge in [-0.2, -0.15) is 0 Å². The van der Waals surface area contributed by atoms with Crippen molar-refractivity contribution in [2.75, 3.05) is 0 Å². The second-order valence-electron chi connectivity index (χ2n) is 5.61. The second kappa shape index (κ2) is 5.18. The zero-order valence-corrected chi connectivity index (χ0v) is 10.9. The summed E-state index contributed by atoms with van der Waals surface area (Å²) in [5.41, 5.74) is 1.77. The average Bonchev–Trinajstić information content (AvgIpc) is 2.29. The van der Waals surface area contributed by atoms with Crippen LogP contribution in [-0.2, 0) is 12.8 Å². The fourth-order valence-electron chi connectivity index (χ4n) is 2.90. The highest BCUT2D eigenvalue weighted by Gasteiger charge is 2.32. The monoisotopic (exact) mass is 233 g/mol. The van der Waals surface area contributed by atoms with E-state index in [9.17, 15) is 5.11 Å². The Balaban J connectivity index is 2.03. The maximum atomic E-state index is 10.6. The van der Waals surface area contributed by atoms with Gasteiger partial charge in [-0.1, -0.05) is 32.8 Å². The van der Waals surface area contributed by atoms with Crippen molar-refractivity contribution in [1.29, 1.82) is 0 Å². The van der Waals surface area contributed by atoms with Crippen molar-refractivity contribution in [1.82, 2.24) is 4.98 Å². The number of hydrogen-bond acceptors (Lipinski definition) is 2. The van der Waals surface area contributed by atoms with Gasteiger partial charge < -0.3 is 5.11 Å². The lowest BCUT2D eigenvalue weighted by Gasteiger charge is -2.35. The molecule has 2 nitrogen and oxygen atoms in total. The zero-order chi connectivity index (χ0) is 12.3. The van der Waals surface area contributed by atoms with E-state index in [1.165, 1.54) is 12.0 Å². The highest BCUT2D eigenvalue weighted by molar-refractivity contribution is 5.15. The summed E-state index contributed by atoms with van der Waals surface area (Å²) in [4.78, 5) is 4.45. The zero-order valence-electron chi connectivity index (χ0n) is 10.9. The molecule has 2 atom stereocenters. The summed E-state index contributed by atoms with van der Waals surface area (Å²) < 4.78 is 0. The third-order valence-corrected chi connectivity index (χ3v) is 3.87. The summed E-state index contributed by atoms with van der Waals surface area (Å²) in [7, 11) is 0. The lowest BCUT2D eigenvalue weighted by Crippen LogP contribution is -2.37. The molecule has 2 rings (SSSR count). The molecule has 1 fully saturated rings. The normalized spacial score (nSPS) is 29.2. The van der Waals surface area contributed by atoms with E-state index in [-0.39, 0.29) is 0 Å². The lowest BCUT2D eigenvalue weighted by atomic mass is 9.76. The van der Waals surface area contributed by atoms with Gasteiger partial charge in [0.2, 0.25) is 0 Å². The molecule has 1 N–H and O–H groups in total. The molecule has 94 valence electrons. The van der Waals surface area contributed by atoms with Crippen LogP contribution in [0.2, 0.25) is 0 Å². The van der Waals surface area contributed by atoms with E-state index in [0.29, 0.717) is 12.3 Å². The summed E-state index contributed by atoms with van der Waals surface area (Å²) in [6.07, 6.45) is 7.91. The quantitative estimate of drug-likeness (QED) is 0.870. The lowest BCUT2D eigenvalue weighted by molar-refractivity contribution is -0.0131. The molecule has 1 saturated carbocycles. The number of nitrogens with zero attached hydrogens (tertiary/aromatic N) is 1. The first-order valence-electron chi connectivity index (χ1n) is 6.77. The van der Waals surface area contributed by atoms with Gasteiger partial charge in [0.1, 0.15) is 0 Å². The van der Waals surface area contributed by atoms with Crippen molar-refractivity contribution in [2.24, 2.45) is 5.92 Å². The van der Waals surface area contributed by atoms with Crippen LogP contribution < -0.4 is 0 Å². The molecule has 0 amide bonds. The number of pyridine rings is 1. The number of aromatic nitrogens is 1. The Morgan fingerprint density at radius 2 is 2.29 bits per heavy atom. The molecule has 0 bridgehead atoms. The summed E-state index contributed by atoms with van der Waals surface area (Å²) in [6, 6.07) is 4.19. The van der Waals surface area contributed by atoms with Crippen LogP contribution in [-0.4, -0.2) is 15.7 Å². The van der Waals surface area contributed by atoms with Gasteiger partial charge in [0.15, 0.2) is 0 Å². The number of rotatable bonds is 3. The Labute approximate surface area is 104 Å². The first-order valence-corrected chi connectivity index (χ1v) is 6.77. The molecule has 1 aliphatic rings. The van der Waals surface area contributed by atoms with Crippen molar-refractivity contribution in [3.05, 3.63) is 29.6 Å². The van der Waals surface area contributed by atoms with E-state index in [1.807, 2.05) is 6.20 Å². The van der Waals surface area contributed by atoms with Gasteiger partial charge in [-0.3, -0.25) is 4.98 Å². The molecular weight excluding hydrogens is 210 g/mol. The van der Waals surface area contributed by atoms with Gasteiger partial charge in [-0.05, 0) is 36.8 Å². The summed E-state index contributed by atoms with van der Waals surface area (Å²) in [5.74, 6) is 0.642. The van der Waals surface area contributed by atoms with Crippen LogP contribution in [0, 0.1) is 5.92 Å². The topological polar surface area (TPSA) is 33.1 Å². The van der Waals surface area contributed by atoms with Gasteiger partial charge in [0.25, 0.3) is 0 Å². The Morgan fingerprint density at radius 1 is 1.47 bits per heavy atom. The first-order chi connectivity index (χ1) is 8.11. The Hall–Kier alpha value is -0.890. The third kappa shape index (κ3) is 3.29. The smallest absolute Gasteiger partial charge is 0.0705 e. The van der Waals surface area contributed by atoms with Crippen LogP contribution >= 0.6 is 0 Å². The molecule has 1 aromatic rings. The van der Waals surface area contributed by atoms with Crippen LogP contribution in [0.25, 0.3) is 0 Å². The van der Waals surface area contributed by atoms with Crippen LogP contribution in [0.1, 0.15) is 50.8 Å². The maximum absolute atomic E-state index is 10.6. The van der Waals surface area contributed by atoms with Crippen molar-refractivity contribution in [2.45, 2.75) is 58.0 Å². The van der Waals surface area contributed by atoms with E-state index in [2.05, 4.69) is 31.0 Å². The SMILES string of the molecule is CCc1ccc(CC2(O)CCCC(C)C2)nc1. The van der Waals surface area contributed by atoms with E-state index in [4.69, 9.17) is 0 Å². The van der Waals surface area contributed by atoms with Gasteiger partial charge in [0.05, 0.1) is 5.60 Å². The predicted molar refractivity (Wildman–Crippen MR) is 69.9 cm³/mol. The van der Waals surface area contributed by atoms with Crippen molar-refractivity contribution in [3.8, 4) is 0 Å². The van der Waals surface area contributed by atoms with Gasteiger partial charge in [0, 0.05) is 18.3 Å². The molecule has 17 heavy (non-hydrogen) atoms. The minimum absolute atomic E-state index is 0.515. The molecule has 0 radical (unpaired) electrons. The molecule has 0 spiro atoms. The van der Waals surface area contributed by atoms with Gasteiger partial charge >= 0.3 is 0 Å². The third-order valence-electron chi connectivity index (χ3n) is 3.87. The molecule has 1 aliphatic carbocycles. The van der Waals surface area contributed by atoms with Crippen molar-refractivity contribution >= 4 is 0 Å². The molecule has 0 aliphatic heterocycles. The first kappa shape index (κ1) is 12.6. The molecule has 2 heteroatoms. The average molecular weight is 233 g/mol.